The fraction of sp³-hybridized carbons (Fsp3) is 0.875. The van der Waals surface area contributed by atoms with Gasteiger partial charge in [0.2, 0.25) is 0 Å². The van der Waals surface area contributed by atoms with Crippen LogP contribution in [-0.4, -0.2) is 54.1 Å². The number of carbonyl (C=O) groups is 1. The number of hydrogen-bond donors (Lipinski definition) is 0. The van der Waals surface area contributed by atoms with Gasteiger partial charge in [0.1, 0.15) is 0 Å². The Labute approximate surface area is 191 Å². The first-order chi connectivity index (χ1) is 14.2. The predicted molar refractivity (Wildman–Crippen MR) is 127 cm³/mol. The molecule has 6 heteroatoms. The number of carbonyl (C=O) groups excluding carboxylic acids is 1. The zero-order valence-corrected chi connectivity index (χ0v) is 21.0. The van der Waals surface area contributed by atoms with E-state index < -0.39 is 11.2 Å². The molecule has 0 aromatic carbocycles. The standard InChI is InChI=1S/C24H40O4S2/c1-6-26-17-23(4,5)20(25)9-7-18-11-12-24(27-15-22(2,3)16-28-24)19(18)8-10-21-29-13-14-30-21/h7,9,18-19,21H,6,8,10-17H2,1-5H3/t18-,19+/m0/s1. The van der Waals surface area contributed by atoms with Crippen LogP contribution in [0.5, 0.6) is 0 Å². The lowest BCUT2D eigenvalue weighted by atomic mass is 9.84. The lowest BCUT2D eigenvalue weighted by Crippen LogP contribution is -2.50. The van der Waals surface area contributed by atoms with Gasteiger partial charge in [0, 0.05) is 35.9 Å². The van der Waals surface area contributed by atoms with Gasteiger partial charge in [-0.15, -0.1) is 23.5 Å². The highest BCUT2D eigenvalue weighted by molar-refractivity contribution is 8.20. The van der Waals surface area contributed by atoms with Crippen molar-refractivity contribution in [1.82, 2.24) is 0 Å². The molecular weight excluding hydrogens is 416 g/mol. The van der Waals surface area contributed by atoms with Crippen LogP contribution in [0.4, 0.5) is 0 Å². The van der Waals surface area contributed by atoms with Crippen LogP contribution >= 0.6 is 23.5 Å². The lowest BCUT2D eigenvalue weighted by Gasteiger charge is -2.45. The Balaban J connectivity index is 1.69. The minimum Gasteiger partial charge on any atom is -0.381 e. The van der Waals surface area contributed by atoms with Gasteiger partial charge in [0.05, 0.1) is 29.8 Å². The molecule has 0 unspecified atom stereocenters. The van der Waals surface area contributed by atoms with Crippen LogP contribution in [0.2, 0.25) is 0 Å². The number of ether oxygens (including phenoxy) is 3. The molecule has 30 heavy (non-hydrogen) atoms. The number of ketones is 1. The molecule has 0 bridgehead atoms. The molecule has 3 aliphatic rings. The van der Waals surface area contributed by atoms with Gasteiger partial charge in [-0.2, -0.15) is 0 Å². The van der Waals surface area contributed by atoms with Gasteiger partial charge in [-0.1, -0.05) is 33.8 Å². The van der Waals surface area contributed by atoms with Gasteiger partial charge in [-0.05, 0) is 38.2 Å². The lowest BCUT2D eigenvalue weighted by molar-refractivity contribution is -0.316. The quantitative estimate of drug-likeness (QED) is 0.424. The first-order valence-corrected chi connectivity index (χ1v) is 13.6. The summed E-state index contributed by atoms with van der Waals surface area (Å²) >= 11 is 4.17. The van der Waals surface area contributed by atoms with Crippen molar-refractivity contribution in [2.45, 2.75) is 70.7 Å². The third kappa shape index (κ3) is 6.06. The average molecular weight is 457 g/mol. The van der Waals surface area contributed by atoms with Crippen LogP contribution in [0.25, 0.3) is 0 Å². The third-order valence-electron chi connectivity index (χ3n) is 6.56. The first-order valence-electron chi connectivity index (χ1n) is 11.5. The molecule has 1 saturated carbocycles. The largest absolute Gasteiger partial charge is 0.381 e. The molecule has 0 N–H and O–H groups in total. The van der Waals surface area contributed by atoms with Gasteiger partial charge in [-0.3, -0.25) is 4.79 Å². The molecule has 2 heterocycles. The van der Waals surface area contributed by atoms with Crippen LogP contribution in [-0.2, 0) is 19.0 Å². The molecule has 0 aromatic heterocycles. The molecule has 0 amide bonds. The summed E-state index contributed by atoms with van der Waals surface area (Å²) in [6.45, 7) is 12.9. The average Bonchev–Trinajstić information content (AvgIpc) is 3.34. The highest BCUT2D eigenvalue weighted by Gasteiger charge is 2.53. The van der Waals surface area contributed by atoms with E-state index in [1.54, 1.807) is 0 Å². The Kier molecular flexibility index (Phi) is 8.44. The first kappa shape index (κ1) is 24.6. The van der Waals surface area contributed by atoms with Crippen LogP contribution in [0, 0.1) is 22.7 Å². The zero-order valence-electron chi connectivity index (χ0n) is 19.4. The molecule has 4 nitrogen and oxygen atoms in total. The summed E-state index contributed by atoms with van der Waals surface area (Å²) in [6, 6.07) is 0. The zero-order chi connectivity index (χ0) is 21.8. The van der Waals surface area contributed by atoms with E-state index in [-0.39, 0.29) is 11.2 Å². The number of rotatable bonds is 9. The van der Waals surface area contributed by atoms with E-state index in [9.17, 15) is 4.79 Å². The van der Waals surface area contributed by atoms with Gasteiger partial charge in [-0.25, -0.2) is 0 Å². The van der Waals surface area contributed by atoms with E-state index >= 15 is 0 Å². The molecule has 172 valence electrons. The van der Waals surface area contributed by atoms with Crippen molar-refractivity contribution in [3.05, 3.63) is 12.2 Å². The maximum absolute atomic E-state index is 12.8. The molecule has 0 radical (unpaired) electrons. The molecule has 3 rings (SSSR count). The third-order valence-corrected chi connectivity index (χ3v) is 9.72. The molecule has 0 aromatic rings. The van der Waals surface area contributed by atoms with Crippen molar-refractivity contribution in [1.29, 1.82) is 0 Å². The maximum Gasteiger partial charge on any atom is 0.171 e. The fourth-order valence-electron chi connectivity index (χ4n) is 4.58. The van der Waals surface area contributed by atoms with Crippen molar-refractivity contribution in [3.63, 3.8) is 0 Å². The summed E-state index contributed by atoms with van der Waals surface area (Å²) in [4.78, 5) is 12.8. The minimum absolute atomic E-state index is 0.0696. The predicted octanol–water partition coefficient (Wildman–Crippen LogP) is 5.56. The van der Waals surface area contributed by atoms with E-state index in [4.69, 9.17) is 14.2 Å². The Hall–Kier alpha value is -0.0100. The van der Waals surface area contributed by atoms with E-state index in [2.05, 4.69) is 43.4 Å². The highest BCUT2D eigenvalue weighted by Crippen LogP contribution is 2.51. The van der Waals surface area contributed by atoms with Gasteiger partial charge in [0.25, 0.3) is 0 Å². The van der Waals surface area contributed by atoms with E-state index in [1.165, 1.54) is 17.9 Å². The molecule has 2 atom stereocenters. The summed E-state index contributed by atoms with van der Waals surface area (Å²) in [7, 11) is 0. The molecule has 2 aliphatic heterocycles. The molecular formula is C24H40O4S2. The van der Waals surface area contributed by atoms with Crippen LogP contribution in [0.1, 0.15) is 60.3 Å². The Morgan fingerprint density at radius 1 is 1.17 bits per heavy atom. The molecule has 1 spiro atoms. The summed E-state index contributed by atoms with van der Waals surface area (Å²) in [5.41, 5.74) is -0.419. The monoisotopic (exact) mass is 456 g/mol. The van der Waals surface area contributed by atoms with Crippen molar-refractivity contribution < 1.29 is 19.0 Å². The second kappa shape index (κ2) is 10.3. The Morgan fingerprint density at radius 3 is 2.47 bits per heavy atom. The summed E-state index contributed by atoms with van der Waals surface area (Å²) in [5.74, 6) is 2.84. The highest BCUT2D eigenvalue weighted by atomic mass is 32.2. The van der Waals surface area contributed by atoms with Crippen LogP contribution < -0.4 is 0 Å². The second-order valence-electron chi connectivity index (χ2n) is 10.4. The number of hydrogen-bond acceptors (Lipinski definition) is 6. The smallest absolute Gasteiger partial charge is 0.171 e. The number of allylic oxidation sites excluding steroid dienone is 2. The normalized spacial score (nSPS) is 29.2. The molecule has 1 aliphatic carbocycles. The maximum atomic E-state index is 12.8. The van der Waals surface area contributed by atoms with Crippen molar-refractivity contribution in [3.8, 4) is 0 Å². The van der Waals surface area contributed by atoms with E-state index in [0.29, 0.717) is 29.6 Å². The van der Waals surface area contributed by atoms with Crippen molar-refractivity contribution in [2.75, 3.05) is 37.9 Å². The van der Waals surface area contributed by atoms with Gasteiger partial charge in [0.15, 0.2) is 11.6 Å². The van der Waals surface area contributed by atoms with Crippen molar-refractivity contribution in [2.24, 2.45) is 22.7 Å². The molecule has 3 fully saturated rings. The number of thioether (sulfide) groups is 2. The summed E-state index contributed by atoms with van der Waals surface area (Å²) < 4.78 is 19.1. The summed E-state index contributed by atoms with van der Waals surface area (Å²) in [5, 5.41) is 0. The van der Waals surface area contributed by atoms with Crippen LogP contribution in [0.3, 0.4) is 0 Å². The van der Waals surface area contributed by atoms with E-state index in [0.717, 1.165) is 32.5 Å². The summed E-state index contributed by atoms with van der Waals surface area (Å²) in [6.07, 6.45) is 8.18. The van der Waals surface area contributed by atoms with Crippen molar-refractivity contribution >= 4 is 29.3 Å². The topological polar surface area (TPSA) is 44.8 Å². The molecule has 2 saturated heterocycles. The van der Waals surface area contributed by atoms with Crippen LogP contribution in [0.15, 0.2) is 12.2 Å². The SMILES string of the molecule is CCOCC(C)(C)C(=O)C=C[C@H]1CCC2(OCC(C)(C)CO2)[C@@H]1CCC1SCCS1. The Morgan fingerprint density at radius 2 is 1.83 bits per heavy atom. The van der Waals surface area contributed by atoms with Gasteiger partial charge < -0.3 is 14.2 Å². The van der Waals surface area contributed by atoms with Gasteiger partial charge >= 0.3 is 0 Å². The van der Waals surface area contributed by atoms with E-state index in [1.807, 2.05) is 26.8 Å². The second-order valence-corrected chi connectivity index (χ2v) is 13.3. The fourth-order valence-corrected chi connectivity index (χ4v) is 7.44. The Bertz CT molecular complexity index is 600. The minimum atomic E-state index is -0.489.